The number of nitrogens with one attached hydrogen (secondary N) is 1. The van der Waals surface area contributed by atoms with Gasteiger partial charge in [0, 0.05) is 17.4 Å². The van der Waals surface area contributed by atoms with Crippen molar-refractivity contribution in [1.82, 2.24) is 9.88 Å². The number of hydrogen-bond acceptors (Lipinski definition) is 2. The summed E-state index contributed by atoms with van der Waals surface area (Å²) in [6.07, 6.45) is 0.978. The minimum Gasteiger partial charge on any atom is -0.394 e. The van der Waals surface area contributed by atoms with Gasteiger partial charge in [0.25, 0.3) is 5.91 Å². The summed E-state index contributed by atoms with van der Waals surface area (Å²) in [5, 5.41) is 13.4. The number of fused-ring (bicyclic) bond motifs is 1. The van der Waals surface area contributed by atoms with Crippen LogP contribution >= 0.6 is 0 Å². The van der Waals surface area contributed by atoms with Crippen molar-refractivity contribution in [3.8, 4) is 0 Å². The molecule has 2 N–H and O–H groups in total. The first-order valence-corrected chi connectivity index (χ1v) is 7.89. The highest BCUT2D eigenvalue weighted by Gasteiger charge is 2.25. The van der Waals surface area contributed by atoms with Crippen LogP contribution in [0.1, 0.15) is 49.3 Å². The maximum atomic E-state index is 12.7. The highest BCUT2D eigenvalue weighted by atomic mass is 16.3. The predicted molar refractivity (Wildman–Crippen MR) is 90.4 cm³/mol. The number of nitrogens with zero attached hydrogens (tertiary/aromatic N) is 1. The van der Waals surface area contributed by atoms with Crippen LogP contribution in [0.15, 0.2) is 18.2 Å². The zero-order valence-corrected chi connectivity index (χ0v) is 14.2. The molecule has 22 heavy (non-hydrogen) atoms. The number of carbonyl (C=O) groups excluding carboxylic acids is 1. The van der Waals surface area contributed by atoms with Crippen LogP contribution in [0, 0.1) is 6.92 Å². The third kappa shape index (κ3) is 2.88. The molecule has 0 aliphatic carbocycles. The molecule has 4 heteroatoms. The lowest BCUT2D eigenvalue weighted by Crippen LogP contribution is -2.47. The molecule has 0 saturated carbocycles. The van der Waals surface area contributed by atoms with Crippen molar-refractivity contribution in [3.05, 3.63) is 35.0 Å². The average molecular weight is 302 g/mol. The molecule has 0 bridgehead atoms. The van der Waals surface area contributed by atoms with Crippen LogP contribution < -0.4 is 5.32 Å². The van der Waals surface area contributed by atoms with E-state index in [-0.39, 0.29) is 12.5 Å². The maximum Gasteiger partial charge on any atom is 0.268 e. The van der Waals surface area contributed by atoms with E-state index in [2.05, 4.69) is 30.4 Å². The third-order valence-electron chi connectivity index (χ3n) is 4.17. The van der Waals surface area contributed by atoms with Gasteiger partial charge in [0.05, 0.1) is 12.1 Å². The van der Waals surface area contributed by atoms with Gasteiger partial charge in [0.15, 0.2) is 0 Å². The van der Waals surface area contributed by atoms with Crippen molar-refractivity contribution in [2.24, 2.45) is 0 Å². The Labute approximate surface area is 132 Å². The minimum absolute atomic E-state index is 0.0931. The Morgan fingerprint density at radius 3 is 2.55 bits per heavy atom. The molecule has 4 nitrogen and oxygen atoms in total. The first-order chi connectivity index (χ1) is 10.3. The van der Waals surface area contributed by atoms with Gasteiger partial charge in [0.2, 0.25) is 0 Å². The zero-order chi connectivity index (χ0) is 16.5. The second-order valence-corrected chi connectivity index (χ2v) is 6.42. The number of hydrogen-bond donors (Lipinski definition) is 2. The second kappa shape index (κ2) is 6.13. The molecule has 2 rings (SSSR count). The quantitative estimate of drug-likeness (QED) is 0.892. The Bertz CT molecular complexity index is 699. The highest BCUT2D eigenvalue weighted by molar-refractivity contribution is 6.02. The fourth-order valence-corrected chi connectivity index (χ4v) is 2.82. The molecule has 2 aromatic rings. The number of aryl methyl sites for hydroxylation is 3. The SMILES string of the molecule is CCc1ccc2c(c1)c(C)c(C(=O)NC(C)(C)CO)n2CC. The number of rotatable bonds is 5. The molecular formula is C18H26N2O2. The first kappa shape index (κ1) is 16.6. The van der Waals surface area contributed by atoms with Gasteiger partial charge in [0.1, 0.15) is 5.69 Å². The van der Waals surface area contributed by atoms with Gasteiger partial charge in [-0.05, 0) is 57.4 Å². The average Bonchev–Trinajstić information content (AvgIpc) is 2.78. The number of benzene rings is 1. The van der Waals surface area contributed by atoms with Crippen molar-refractivity contribution in [2.75, 3.05) is 6.61 Å². The van der Waals surface area contributed by atoms with Gasteiger partial charge in [-0.15, -0.1) is 0 Å². The monoisotopic (exact) mass is 302 g/mol. The summed E-state index contributed by atoms with van der Waals surface area (Å²) in [5.41, 5.74) is 3.41. The van der Waals surface area contributed by atoms with Gasteiger partial charge >= 0.3 is 0 Å². The summed E-state index contributed by atoms with van der Waals surface area (Å²) in [4.78, 5) is 12.7. The van der Waals surface area contributed by atoms with E-state index in [1.807, 2.05) is 32.3 Å². The normalized spacial score (nSPS) is 11.9. The lowest BCUT2D eigenvalue weighted by molar-refractivity contribution is 0.0860. The number of aliphatic hydroxyl groups excluding tert-OH is 1. The Kier molecular flexibility index (Phi) is 4.61. The molecule has 0 saturated heterocycles. The third-order valence-corrected chi connectivity index (χ3v) is 4.17. The summed E-state index contributed by atoms with van der Waals surface area (Å²) < 4.78 is 2.05. The van der Waals surface area contributed by atoms with Gasteiger partial charge in [-0.1, -0.05) is 13.0 Å². The lowest BCUT2D eigenvalue weighted by Gasteiger charge is -2.24. The van der Waals surface area contributed by atoms with Crippen molar-refractivity contribution in [1.29, 1.82) is 0 Å². The molecule has 0 aliphatic heterocycles. The van der Waals surface area contributed by atoms with E-state index in [4.69, 9.17) is 0 Å². The van der Waals surface area contributed by atoms with E-state index in [9.17, 15) is 9.90 Å². The van der Waals surface area contributed by atoms with Crippen LogP contribution in [0.3, 0.4) is 0 Å². The fraction of sp³-hybridized carbons (Fsp3) is 0.500. The number of aromatic nitrogens is 1. The summed E-state index contributed by atoms with van der Waals surface area (Å²) >= 11 is 0. The van der Waals surface area contributed by atoms with Crippen LogP contribution in [0.25, 0.3) is 10.9 Å². The summed E-state index contributed by atoms with van der Waals surface area (Å²) in [7, 11) is 0. The number of amides is 1. The van der Waals surface area contributed by atoms with E-state index in [0.29, 0.717) is 5.69 Å². The summed E-state index contributed by atoms with van der Waals surface area (Å²) in [6.45, 7) is 10.4. The molecule has 0 unspecified atom stereocenters. The van der Waals surface area contributed by atoms with Crippen LogP contribution in [0.4, 0.5) is 0 Å². The molecule has 1 aromatic heterocycles. The van der Waals surface area contributed by atoms with Gasteiger partial charge in [-0.25, -0.2) is 0 Å². The van der Waals surface area contributed by atoms with E-state index < -0.39 is 5.54 Å². The predicted octanol–water partition coefficient (Wildman–Crippen LogP) is 3.03. The van der Waals surface area contributed by atoms with E-state index in [1.54, 1.807) is 0 Å². The lowest BCUT2D eigenvalue weighted by atomic mass is 10.1. The Hall–Kier alpha value is -1.81. The van der Waals surface area contributed by atoms with Crippen LogP contribution in [-0.2, 0) is 13.0 Å². The topological polar surface area (TPSA) is 54.3 Å². The maximum absolute atomic E-state index is 12.7. The zero-order valence-electron chi connectivity index (χ0n) is 14.2. The largest absolute Gasteiger partial charge is 0.394 e. The molecule has 0 fully saturated rings. The molecule has 0 atom stereocenters. The fourth-order valence-electron chi connectivity index (χ4n) is 2.82. The highest BCUT2D eigenvalue weighted by Crippen LogP contribution is 2.27. The molecule has 0 radical (unpaired) electrons. The molecular weight excluding hydrogens is 276 g/mol. The van der Waals surface area contributed by atoms with E-state index >= 15 is 0 Å². The summed E-state index contributed by atoms with van der Waals surface area (Å²) in [5.74, 6) is -0.132. The van der Waals surface area contributed by atoms with E-state index in [0.717, 1.165) is 29.4 Å². The second-order valence-electron chi connectivity index (χ2n) is 6.42. The Balaban J connectivity index is 2.58. The molecule has 1 aromatic carbocycles. The van der Waals surface area contributed by atoms with Crippen LogP contribution in [0.2, 0.25) is 0 Å². The van der Waals surface area contributed by atoms with Crippen molar-refractivity contribution in [2.45, 2.75) is 53.1 Å². The molecule has 0 spiro atoms. The summed E-state index contributed by atoms with van der Waals surface area (Å²) in [6, 6.07) is 6.39. The number of aliphatic hydroxyl groups is 1. The Morgan fingerprint density at radius 1 is 1.32 bits per heavy atom. The van der Waals surface area contributed by atoms with E-state index in [1.165, 1.54) is 5.56 Å². The van der Waals surface area contributed by atoms with Gasteiger partial charge in [-0.2, -0.15) is 0 Å². The first-order valence-electron chi connectivity index (χ1n) is 7.89. The molecule has 1 amide bonds. The number of carbonyl (C=O) groups is 1. The van der Waals surface area contributed by atoms with Crippen LogP contribution in [0.5, 0.6) is 0 Å². The molecule has 1 heterocycles. The molecule has 120 valence electrons. The van der Waals surface area contributed by atoms with Gasteiger partial charge in [-0.3, -0.25) is 4.79 Å². The standard InChI is InChI=1S/C18H26N2O2/c1-6-13-8-9-15-14(10-13)12(3)16(20(15)7-2)17(22)19-18(4,5)11-21/h8-10,21H,6-7,11H2,1-5H3,(H,19,22). The van der Waals surface area contributed by atoms with Crippen LogP contribution in [-0.4, -0.2) is 27.7 Å². The van der Waals surface area contributed by atoms with Gasteiger partial charge < -0.3 is 15.0 Å². The Morgan fingerprint density at radius 2 is 2.00 bits per heavy atom. The van der Waals surface area contributed by atoms with Crippen molar-refractivity contribution < 1.29 is 9.90 Å². The van der Waals surface area contributed by atoms with Crippen molar-refractivity contribution in [3.63, 3.8) is 0 Å². The van der Waals surface area contributed by atoms with Crippen molar-refractivity contribution >= 4 is 16.8 Å². The molecule has 0 aliphatic rings. The minimum atomic E-state index is -0.632. The smallest absolute Gasteiger partial charge is 0.268 e.